The van der Waals surface area contributed by atoms with Crippen LogP contribution < -0.4 is 0 Å². The molecule has 1 nitrogen and oxygen atoms in total. The molecular weight excluding hydrogens is 153 g/mol. The monoisotopic (exact) mass is 169 g/mol. The molecule has 1 saturated carbocycles. The van der Waals surface area contributed by atoms with Gasteiger partial charge in [0.25, 0.3) is 0 Å². The predicted octanol–water partition coefficient (Wildman–Crippen LogP) is 3.21. The minimum absolute atomic E-state index is 0.170. The summed E-state index contributed by atoms with van der Waals surface area (Å²) in [4.78, 5) is 3.49. The lowest BCUT2D eigenvalue weighted by Crippen LogP contribution is -2.30. The summed E-state index contributed by atoms with van der Waals surface area (Å²) >= 11 is 0. The Kier molecular flexibility index (Phi) is 2.72. The SMILES string of the molecule is [C-]#[N+]C1CCC(C(C)(C)F)CC1. The maximum atomic E-state index is 13.4. The lowest BCUT2D eigenvalue weighted by atomic mass is 9.78. The standard InChI is InChI=1S/C10H16FN/c1-10(2,11)8-4-6-9(12-3)7-5-8/h8-9H,4-7H2,1-2H3. The summed E-state index contributed by atoms with van der Waals surface area (Å²) in [5.41, 5.74) is -1.05. The van der Waals surface area contributed by atoms with E-state index in [1.807, 2.05) is 0 Å². The molecule has 1 fully saturated rings. The Morgan fingerprint density at radius 3 is 2.08 bits per heavy atom. The first-order valence-electron chi connectivity index (χ1n) is 4.59. The average molecular weight is 169 g/mol. The molecule has 0 spiro atoms. The quantitative estimate of drug-likeness (QED) is 0.531. The Bertz CT molecular complexity index is 179. The lowest BCUT2D eigenvalue weighted by molar-refractivity contribution is 0.0928. The van der Waals surface area contributed by atoms with Crippen molar-refractivity contribution in [2.75, 3.05) is 0 Å². The second-order valence-electron chi connectivity index (χ2n) is 4.20. The fourth-order valence-corrected chi connectivity index (χ4v) is 1.89. The van der Waals surface area contributed by atoms with Gasteiger partial charge < -0.3 is 4.85 Å². The van der Waals surface area contributed by atoms with E-state index in [1.165, 1.54) is 0 Å². The Morgan fingerprint density at radius 1 is 1.25 bits per heavy atom. The Balaban J connectivity index is 2.42. The van der Waals surface area contributed by atoms with Crippen molar-refractivity contribution in [3.8, 4) is 0 Å². The van der Waals surface area contributed by atoms with Gasteiger partial charge in [-0.1, -0.05) is 0 Å². The third-order valence-electron chi connectivity index (χ3n) is 2.85. The van der Waals surface area contributed by atoms with E-state index in [-0.39, 0.29) is 12.0 Å². The number of alkyl halides is 1. The van der Waals surface area contributed by atoms with E-state index in [0.717, 1.165) is 25.7 Å². The highest BCUT2D eigenvalue weighted by atomic mass is 19.1. The van der Waals surface area contributed by atoms with Gasteiger partial charge >= 0.3 is 0 Å². The van der Waals surface area contributed by atoms with Gasteiger partial charge in [0, 0.05) is 12.8 Å². The molecular formula is C10H16FN. The number of rotatable bonds is 1. The largest absolute Gasteiger partial charge is 0.314 e. The van der Waals surface area contributed by atoms with Gasteiger partial charge in [-0.05, 0) is 32.6 Å². The third-order valence-corrected chi connectivity index (χ3v) is 2.85. The Labute approximate surface area is 73.8 Å². The fourth-order valence-electron chi connectivity index (χ4n) is 1.89. The molecule has 0 unspecified atom stereocenters. The summed E-state index contributed by atoms with van der Waals surface area (Å²) in [6.07, 6.45) is 3.55. The predicted molar refractivity (Wildman–Crippen MR) is 47.5 cm³/mol. The van der Waals surface area contributed by atoms with Crippen molar-refractivity contribution in [1.29, 1.82) is 0 Å². The number of hydrogen-bond donors (Lipinski definition) is 0. The molecule has 0 aromatic carbocycles. The van der Waals surface area contributed by atoms with Crippen molar-refractivity contribution in [3.63, 3.8) is 0 Å². The first-order chi connectivity index (χ1) is 5.54. The molecule has 0 amide bonds. The van der Waals surface area contributed by atoms with Crippen molar-refractivity contribution >= 4 is 0 Å². The maximum absolute atomic E-state index is 13.4. The zero-order chi connectivity index (χ0) is 9.19. The van der Waals surface area contributed by atoms with Crippen LogP contribution in [0.1, 0.15) is 39.5 Å². The van der Waals surface area contributed by atoms with Crippen molar-refractivity contribution in [3.05, 3.63) is 11.4 Å². The minimum Gasteiger partial charge on any atom is -0.314 e. The maximum Gasteiger partial charge on any atom is 0.223 e. The van der Waals surface area contributed by atoms with Gasteiger partial charge in [0.15, 0.2) is 0 Å². The molecule has 0 N–H and O–H groups in total. The van der Waals surface area contributed by atoms with E-state index in [2.05, 4.69) is 4.85 Å². The summed E-state index contributed by atoms with van der Waals surface area (Å²) in [6, 6.07) is 0.170. The minimum atomic E-state index is -1.05. The van der Waals surface area contributed by atoms with Crippen LogP contribution in [0.25, 0.3) is 4.85 Å². The molecule has 0 atom stereocenters. The van der Waals surface area contributed by atoms with Gasteiger partial charge in [-0.3, -0.25) is 0 Å². The van der Waals surface area contributed by atoms with E-state index >= 15 is 0 Å². The summed E-state index contributed by atoms with van der Waals surface area (Å²) in [7, 11) is 0. The highest BCUT2D eigenvalue weighted by Crippen LogP contribution is 2.35. The van der Waals surface area contributed by atoms with Gasteiger partial charge in [0.05, 0.1) is 0 Å². The molecule has 12 heavy (non-hydrogen) atoms. The first kappa shape index (κ1) is 9.51. The van der Waals surface area contributed by atoms with Gasteiger partial charge in [-0.15, -0.1) is 0 Å². The van der Waals surface area contributed by atoms with Crippen LogP contribution in [0.3, 0.4) is 0 Å². The Morgan fingerprint density at radius 2 is 1.75 bits per heavy atom. The Hall–Kier alpha value is -0.580. The van der Waals surface area contributed by atoms with E-state index < -0.39 is 5.67 Å². The van der Waals surface area contributed by atoms with Crippen LogP contribution in [0.15, 0.2) is 0 Å². The second kappa shape index (κ2) is 3.43. The van der Waals surface area contributed by atoms with Crippen LogP contribution in [0, 0.1) is 12.5 Å². The third kappa shape index (κ3) is 2.20. The van der Waals surface area contributed by atoms with Crippen LogP contribution in [0.2, 0.25) is 0 Å². The van der Waals surface area contributed by atoms with Crippen LogP contribution in [0.4, 0.5) is 4.39 Å². The summed E-state index contributed by atoms with van der Waals surface area (Å²) in [6.45, 7) is 10.1. The summed E-state index contributed by atoms with van der Waals surface area (Å²) in [5.74, 6) is 0.176. The van der Waals surface area contributed by atoms with Gasteiger partial charge in [0.2, 0.25) is 6.04 Å². The number of halogens is 1. The van der Waals surface area contributed by atoms with Gasteiger partial charge in [-0.2, -0.15) is 0 Å². The van der Waals surface area contributed by atoms with Crippen molar-refractivity contribution in [1.82, 2.24) is 0 Å². The van der Waals surface area contributed by atoms with Gasteiger partial charge in [0.1, 0.15) is 5.67 Å². The first-order valence-corrected chi connectivity index (χ1v) is 4.59. The molecule has 2 heteroatoms. The molecule has 0 aromatic rings. The van der Waals surface area contributed by atoms with E-state index in [9.17, 15) is 4.39 Å². The topological polar surface area (TPSA) is 4.36 Å². The van der Waals surface area contributed by atoms with Crippen LogP contribution >= 0.6 is 0 Å². The molecule has 0 bridgehead atoms. The van der Waals surface area contributed by atoms with Crippen molar-refractivity contribution in [2.24, 2.45) is 5.92 Å². The lowest BCUT2D eigenvalue weighted by Gasteiger charge is -2.30. The smallest absolute Gasteiger partial charge is 0.223 e. The van der Waals surface area contributed by atoms with E-state index in [1.54, 1.807) is 13.8 Å². The molecule has 68 valence electrons. The molecule has 1 aliphatic rings. The van der Waals surface area contributed by atoms with E-state index in [0.29, 0.717) is 0 Å². The molecule has 1 rings (SSSR count). The second-order valence-corrected chi connectivity index (χ2v) is 4.20. The molecule has 0 radical (unpaired) electrons. The van der Waals surface area contributed by atoms with Gasteiger partial charge in [-0.25, -0.2) is 11.0 Å². The molecule has 0 aliphatic heterocycles. The molecule has 0 saturated heterocycles. The normalized spacial score (nSPS) is 31.2. The average Bonchev–Trinajstić information content (AvgIpc) is 2.03. The van der Waals surface area contributed by atoms with E-state index in [4.69, 9.17) is 6.57 Å². The summed E-state index contributed by atoms with van der Waals surface area (Å²) in [5, 5.41) is 0. The van der Waals surface area contributed by atoms with Crippen LogP contribution in [-0.4, -0.2) is 11.7 Å². The zero-order valence-corrected chi connectivity index (χ0v) is 7.81. The summed E-state index contributed by atoms with van der Waals surface area (Å²) < 4.78 is 13.4. The van der Waals surface area contributed by atoms with Crippen LogP contribution in [-0.2, 0) is 0 Å². The highest BCUT2D eigenvalue weighted by molar-refractivity contribution is 4.89. The highest BCUT2D eigenvalue weighted by Gasteiger charge is 2.34. The molecule has 0 heterocycles. The fraction of sp³-hybridized carbons (Fsp3) is 0.900. The molecule has 0 aromatic heterocycles. The zero-order valence-electron chi connectivity index (χ0n) is 7.81. The van der Waals surface area contributed by atoms with Crippen molar-refractivity contribution in [2.45, 2.75) is 51.2 Å². The molecule has 1 aliphatic carbocycles. The van der Waals surface area contributed by atoms with Crippen molar-refractivity contribution < 1.29 is 4.39 Å². The van der Waals surface area contributed by atoms with Crippen LogP contribution in [0.5, 0.6) is 0 Å². The number of nitrogens with zero attached hydrogens (tertiary/aromatic N) is 1. The number of hydrogen-bond acceptors (Lipinski definition) is 0.